The minimum absolute atomic E-state index is 0.233. The summed E-state index contributed by atoms with van der Waals surface area (Å²) in [6.45, 7) is 6.94. The third-order valence-corrected chi connectivity index (χ3v) is 5.69. The fraction of sp³-hybridized carbons (Fsp3) is 0.263. The Kier molecular flexibility index (Phi) is 5.01. The molecule has 0 heterocycles. The van der Waals surface area contributed by atoms with Crippen LogP contribution in [0.25, 0.3) is 0 Å². The zero-order valence-electron chi connectivity index (χ0n) is 12.9. The summed E-state index contributed by atoms with van der Waals surface area (Å²) in [4.78, 5) is 0. The van der Waals surface area contributed by atoms with Gasteiger partial charge in [0.1, 0.15) is 6.10 Å². The molecule has 2 heteroatoms. The molecule has 0 saturated carbocycles. The fourth-order valence-electron chi connectivity index (χ4n) is 2.33. The summed E-state index contributed by atoms with van der Waals surface area (Å²) in [7, 11) is -1.48. The first-order valence-corrected chi connectivity index (χ1v) is 10.9. The summed E-state index contributed by atoms with van der Waals surface area (Å²) in [6.07, 6.45) is -0.714. The van der Waals surface area contributed by atoms with Crippen LogP contribution in [-0.2, 0) is 0 Å². The maximum absolute atomic E-state index is 10.2. The molecule has 108 valence electrons. The highest BCUT2D eigenvalue weighted by Crippen LogP contribution is 2.26. The molecule has 0 radical (unpaired) electrons. The van der Waals surface area contributed by atoms with Crippen molar-refractivity contribution < 1.29 is 5.11 Å². The number of aliphatic hydroxyl groups is 1. The molecule has 1 nitrogen and oxygen atoms in total. The standard InChI is InChI=1S/C19H22OSi/c1-21(2,3)19(17-12-8-5-9-13-17)15-14-18(20)16-10-6-4-7-11-16/h4-13,18-20H,1-3H3. The minimum atomic E-state index is -1.48. The van der Waals surface area contributed by atoms with Crippen LogP contribution in [0.3, 0.4) is 0 Å². The summed E-state index contributed by atoms with van der Waals surface area (Å²) in [5, 5.41) is 10.2. The molecule has 0 bridgehead atoms. The Bertz CT molecular complexity index is 617. The van der Waals surface area contributed by atoms with Crippen molar-refractivity contribution in [1.29, 1.82) is 0 Å². The first kappa shape index (κ1) is 15.6. The maximum atomic E-state index is 10.2. The van der Waals surface area contributed by atoms with Crippen LogP contribution < -0.4 is 0 Å². The molecule has 2 rings (SSSR count). The quantitative estimate of drug-likeness (QED) is 0.658. The Morgan fingerprint density at radius 3 is 1.71 bits per heavy atom. The van der Waals surface area contributed by atoms with Crippen molar-refractivity contribution in [1.82, 2.24) is 0 Å². The summed E-state index contributed by atoms with van der Waals surface area (Å²) in [6, 6.07) is 20.0. The van der Waals surface area contributed by atoms with E-state index in [1.807, 2.05) is 36.4 Å². The highest BCUT2D eigenvalue weighted by molar-refractivity contribution is 6.78. The van der Waals surface area contributed by atoms with E-state index in [2.05, 4.69) is 55.7 Å². The predicted octanol–water partition coefficient (Wildman–Crippen LogP) is 4.38. The second-order valence-electron chi connectivity index (χ2n) is 6.31. The van der Waals surface area contributed by atoms with Gasteiger partial charge in [0, 0.05) is 5.54 Å². The Morgan fingerprint density at radius 2 is 1.24 bits per heavy atom. The Morgan fingerprint density at radius 1 is 0.762 bits per heavy atom. The van der Waals surface area contributed by atoms with Gasteiger partial charge in [-0.2, -0.15) is 0 Å². The van der Waals surface area contributed by atoms with Crippen LogP contribution in [0.2, 0.25) is 19.6 Å². The van der Waals surface area contributed by atoms with Crippen LogP contribution in [0.15, 0.2) is 60.7 Å². The van der Waals surface area contributed by atoms with Crippen LogP contribution in [-0.4, -0.2) is 13.2 Å². The van der Waals surface area contributed by atoms with Crippen molar-refractivity contribution in [2.75, 3.05) is 0 Å². The number of rotatable bonds is 3. The molecule has 0 fully saturated rings. The van der Waals surface area contributed by atoms with Gasteiger partial charge in [-0.05, 0) is 11.1 Å². The molecule has 0 aliphatic carbocycles. The lowest BCUT2D eigenvalue weighted by Crippen LogP contribution is -2.30. The largest absolute Gasteiger partial charge is 0.376 e. The molecule has 0 aromatic heterocycles. The van der Waals surface area contributed by atoms with Crippen molar-refractivity contribution in [3.8, 4) is 11.8 Å². The van der Waals surface area contributed by atoms with Gasteiger partial charge in [0.25, 0.3) is 0 Å². The van der Waals surface area contributed by atoms with Crippen molar-refractivity contribution >= 4 is 8.07 Å². The van der Waals surface area contributed by atoms with Gasteiger partial charge >= 0.3 is 0 Å². The molecule has 0 aliphatic rings. The van der Waals surface area contributed by atoms with E-state index in [0.29, 0.717) is 0 Å². The molecule has 0 spiro atoms. The van der Waals surface area contributed by atoms with E-state index in [1.54, 1.807) is 0 Å². The van der Waals surface area contributed by atoms with E-state index in [-0.39, 0.29) is 5.54 Å². The average molecular weight is 294 g/mol. The zero-order valence-corrected chi connectivity index (χ0v) is 13.9. The Labute approximate surface area is 128 Å². The van der Waals surface area contributed by atoms with Gasteiger partial charge in [0.05, 0.1) is 8.07 Å². The summed E-state index contributed by atoms with van der Waals surface area (Å²) >= 11 is 0. The molecule has 2 unspecified atom stereocenters. The predicted molar refractivity (Wildman–Crippen MR) is 91.7 cm³/mol. The first-order valence-electron chi connectivity index (χ1n) is 7.27. The maximum Gasteiger partial charge on any atom is 0.140 e. The number of benzene rings is 2. The van der Waals surface area contributed by atoms with E-state index >= 15 is 0 Å². The number of aliphatic hydroxyl groups excluding tert-OH is 1. The van der Waals surface area contributed by atoms with Crippen molar-refractivity contribution in [2.45, 2.75) is 31.3 Å². The normalized spacial score (nSPS) is 13.9. The third-order valence-electron chi connectivity index (χ3n) is 3.48. The smallest absolute Gasteiger partial charge is 0.140 e. The van der Waals surface area contributed by atoms with Crippen LogP contribution in [0.1, 0.15) is 22.8 Å². The van der Waals surface area contributed by atoms with Crippen molar-refractivity contribution in [3.05, 3.63) is 71.8 Å². The molecule has 2 atom stereocenters. The summed E-state index contributed by atoms with van der Waals surface area (Å²) < 4.78 is 0. The average Bonchev–Trinajstić information content (AvgIpc) is 2.48. The van der Waals surface area contributed by atoms with Gasteiger partial charge in [-0.25, -0.2) is 0 Å². The van der Waals surface area contributed by atoms with Crippen molar-refractivity contribution in [3.63, 3.8) is 0 Å². The minimum Gasteiger partial charge on any atom is -0.376 e. The van der Waals surface area contributed by atoms with Gasteiger partial charge in [0.2, 0.25) is 0 Å². The molecule has 0 amide bonds. The lowest BCUT2D eigenvalue weighted by atomic mass is 10.1. The fourth-order valence-corrected chi connectivity index (χ4v) is 4.04. The first-order chi connectivity index (χ1) is 9.98. The monoisotopic (exact) mass is 294 g/mol. The highest BCUT2D eigenvalue weighted by Gasteiger charge is 2.26. The second-order valence-corrected chi connectivity index (χ2v) is 11.6. The Hall–Kier alpha value is -1.82. The van der Waals surface area contributed by atoms with E-state index in [0.717, 1.165) is 5.56 Å². The topological polar surface area (TPSA) is 20.2 Å². The van der Waals surface area contributed by atoms with Crippen LogP contribution >= 0.6 is 0 Å². The third kappa shape index (κ3) is 4.32. The van der Waals surface area contributed by atoms with Crippen LogP contribution in [0, 0.1) is 11.8 Å². The van der Waals surface area contributed by atoms with Gasteiger partial charge in [-0.1, -0.05) is 92.1 Å². The second kappa shape index (κ2) is 6.75. The molecule has 2 aromatic carbocycles. The van der Waals surface area contributed by atoms with Crippen LogP contribution in [0.5, 0.6) is 0 Å². The van der Waals surface area contributed by atoms with E-state index in [4.69, 9.17) is 0 Å². The van der Waals surface area contributed by atoms with Crippen LogP contribution in [0.4, 0.5) is 0 Å². The van der Waals surface area contributed by atoms with Gasteiger partial charge in [-0.15, -0.1) is 0 Å². The molecule has 1 N–H and O–H groups in total. The summed E-state index contributed by atoms with van der Waals surface area (Å²) in [5.74, 6) is 6.38. The zero-order chi connectivity index (χ0) is 15.3. The molecule has 0 saturated heterocycles. The van der Waals surface area contributed by atoms with Crippen molar-refractivity contribution in [2.24, 2.45) is 0 Å². The Balaban J connectivity index is 2.27. The molecule has 0 aliphatic heterocycles. The van der Waals surface area contributed by atoms with E-state index < -0.39 is 14.2 Å². The van der Waals surface area contributed by atoms with Gasteiger partial charge < -0.3 is 5.11 Å². The lowest BCUT2D eigenvalue weighted by Gasteiger charge is -2.24. The van der Waals surface area contributed by atoms with Gasteiger partial charge in [-0.3, -0.25) is 0 Å². The lowest BCUT2D eigenvalue weighted by molar-refractivity contribution is 0.238. The van der Waals surface area contributed by atoms with Gasteiger partial charge in [0.15, 0.2) is 0 Å². The van der Waals surface area contributed by atoms with E-state index in [9.17, 15) is 5.11 Å². The number of hydrogen-bond acceptors (Lipinski definition) is 1. The molecular formula is C19H22OSi. The number of hydrogen-bond donors (Lipinski definition) is 1. The highest BCUT2D eigenvalue weighted by atomic mass is 28.3. The molecular weight excluding hydrogens is 272 g/mol. The summed E-state index contributed by atoms with van der Waals surface area (Å²) in [5.41, 5.74) is 2.34. The SMILES string of the molecule is C[Si](C)(C)C(C#CC(O)c1ccccc1)c1ccccc1. The van der Waals surface area contributed by atoms with E-state index in [1.165, 1.54) is 5.56 Å². The molecule has 21 heavy (non-hydrogen) atoms. The molecule has 2 aromatic rings.